The molecule has 0 heterocycles. The van der Waals surface area contributed by atoms with Gasteiger partial charge in [-0.15, -0.1) is 0 Å². The van der Waals surface area contributed by atoms with Gasteiger partial charge in [-0.05, 0) is 122 Å². The SMILES string of the molecule is NC(=O)c1ccc(O)cc1O.NCCc1ccc(O)c(O)c1.O=C(O)c1c(O)cccc1O.O=C(O)c1cc(O)cc(O)c1.O=C(O)c1ccc(O)c(O)c1.O=C(O)c1ccc(O)cc1O.O=C(O)c1cccc(O)c1O.O=C(O)c1cccc(O)c1O. The molecule has 0 aliphatic carbocycles. The summed E-state index contributed by atoms with van der Waals surface area (Å²) in [4.78, 5) is 72.3. The van der Waals surface area contributed by atoms with Gasteiger partial charge in [0.1, 0.15) is 68.2 Å². The van der Waals surface area contributed by atoms with Crippen LogP contribution in [0, 0.1) is 0 Å². The Balaban J connectivity index is 0.000000503. The highest BCUT2D eigenvalue weighted by molar-refractivity contribution is 5.96. The van der Waals surface area contributed by atoms with Gasteiger partial charge in [0.2, 0.25) is 0 Å². The lowest BCUT2D eigenvalue weighted by Gasteiger charge is -2.00. The minimum atomic E-state index is -1.35. The second kappa shape index (κ2) is 34.9. The molecular formula is C57H54N2O29. The van der Waals surface area contributed by atoms with Crippen molar-refractivity contribution in [3.8, 4) is 92.0 Å². The van der Waals surface area contributed by atoms with E-state index in [1.807, 2.05) is 0 Å². The second-order valence-corrected chi connectivity index (χ2v) is 16.4. The van der Waals surface area contributed by atoms with E-state index in [2.05, 4.69) is 0 Å². The van der Waals surface area contributed by atoms with Crippen molar-refractivity contribution in [2.45, 2.75) is 6.42 Å². The molecule has 0 fully saturated rings. The van der Waals surface area contributed by atoms with Gasteiger partial charge in [-0.1, -0.05) is 24.3 Å². The van der Waals surface area contributed by atoms with Crippen molar-refractivity contribution in [3.05, 3.63) is 190 Å². The zero-order valence-corrected chi connectivity index (χ0v) is 44.6. The van der Waals surface area contributed by atoms with Crippen LogP contribution in [-0.2, 0) is 6.42 Å². The zero-order valence-electron chi connectivity index (χ0n) is 44.6. The van der Waals surface area contributed by atoms with E-state index in [1.165, 1.54) is 91.0 Å². The van der Waals surface area contributed by atoms with Crippen LogP contribution in [0.4, 0.5) is 0 Å². The topological polar surface area (TPSA) is 617 Å². The fourth-order valence-electron chi connectivity index (χ4n) is 5.85. The molecular weight excluding hydrogens is 1180 g/mol. The number of primary amides is 1. The van der Waals surface area contributed by atoms with Gasteiger partial charge in [0.05, 0.1) is 16.7 Å². The fourth-order valence-corrected chi connectivity index (χ4v) is 5.85. The van der Waals surface area contributed by atoms with E-state index in [0.717, 1.165) is 54.1 Å². The first-order chi connectivity index (χ1) is 41.0. The first kappa shape index (κ1) is 72.8. The van der Waals surface area contributed by atoms with Crippen LogP contribution in [-0.4, -0.2) is 161 Å². The van der Waals surface area contributed by atoms with Crippen molar-refractivity contribution < 1.29 is 146 Å². The number of aromatic carboxylic acids is 6. The summed E-state index contributed by atoms with van der Waals surface area (Å²) in [5.41, 5.74) is 9.65. The number of carbonyl (C=O) groups excluding carboxylic acids is 1. The van der Waals surface area contributed by atoms with Crippen LogP contribution >= 0.6 is 0 Å². The number of rotatable bonds is 9. The third-order valence-corrected chi connectivity index (χ3v) is 10.0. The van der Waals surface area contributed by atoms with E-state index in [1.54, 1.807) is 6.07 Å². The molecule has 0 atom stereocenters. The van der Waals surface area contributed by atoms with Gasteiger partial charge in [-0.25, -0.2) is 28.8 Å². The first-order valence-corrected chi connectivity index (χ1v) is 23.6. The Morgan fingerprint density at radius 3 is 1.01 bits per heavy atom. The number of carbonyl (C=O) groups is 7. The summed E-state index contributed by atoms with van der Waals surface area (Å²) in [7, 11) is 0. The fraction of sp³-hybridized carbons (Fsp3) is 0.0351. The Hall–Kier alpha value is -13.2. The largest absolute Gasteiger partial charge is 0.508 e. The summed E-state index contributed by atoms with van der Waals surface area (Å²) >= 11 is 0. The lowest BCUT2D eigenvalue weighted by atomic mass is 10.1. The lowest BCUT2D eigenvalue weighted by molar-refractivity contribution is 0.0679. The highest BCUT2D eigenvalue weighted by Crippen LogP contribution is 2.31. The van der Waals surface area contributed by atoms with Crippen molar-refractivity contribution in [3.63, 3.8) is 0 Å². The molecule has 0 aliphatic heterocycles. The molecule has 8 rings (SSSR count). The highest BCUT2D eigenvalue weighted by atomic mass is 16.4. The molecule has 0 aliphatic rings. The molecule has 0 saturated carbocycles. The van der Waals surface area contributed by atoms with E-state index < -0.39 is 93.3 Å². The summed E-state index contributed by atoms with van der Waals surface area (Å²) in [5, 5.41) is 193. The molecule has 0 bridgehead atoms. The molecule has 31 nitrogen and oxygen atoms in total. The smallest absolute Gasteiger partial charge is 0.343 e. The molecule has 0 saturated heterocycles. The predicted octanol–water partition coefficient (Wildman–Crippen LogP) is 5.57. The highest BCUT2D eigenvalue weighted by Gasteiger charge is 2.15. The molecule has 88 heavy (non-hydrogen) atoms. The van der Waals surface area contributed by atoms with Gasteiger partial charge in [0.25, 0.3) is 5.91 Å². The Kier molecular flexibility index (Phi) is 28.9. The van der Waals surface area contributed by atoms with Crippen LogP contribution < -0.4 is 11.5 Å². The van der Waals surface area contributed by atoms with Crippen molar-refractivity contribution in [1.82, 2.24) is 0 Å². The maximum atomic E-state index is 10.5. The molecule has 0 aromatic heterocycles. The number of benzene rings is 8. The average Bonchev–Trinajstić information content (AvgIpc) is 3.48. The van der Waals surface area contributed by atoms with Gasteiger partial charge in [-0.3, -0.25) is 4.79 Å². The van der Waals surface area contributed by atoms with E-state index in [-0.39, 0.29) is 79.4 Å². The minimum Gasteiger partial charge on any atom is -0.508 e. The maximum absolute atomic E-state index is 10.5. The van der Waals surface area contributed by atoms with Gasteiger partial charge in [-0.2, -0.15) is 0 Å². The molecule has 8 aromatic rings. The van der Waals surface area contributed by atoms with Crippen molar-refractivity contribution in [1.29, 1.82) is 0 Å². The number of phenols is 16. The van der Waals surface area contributed by atoms with Gasteiger partial charge in [0.15, 0.2) is 46.0 Å². The molecule has 26 N–H and O–H groups in total. The summed E-state index contributed by atoms with van der Waals surface area (Å²) in [6.45, 7) is 0.546. The van der Waals surface area contributed by atoms with Crippen molar-refractivity contribution >= 4 is 41.7 Å². The number of carboxylic acids is 6. The van der Waals surface area contributed by atoms with Gasteiger partial charge >= 0.3 is 35.8 Å². The first-order valence-electron chi connectivity index (χ1n) is 23.6. The third-order valence-electron chi connectivity index (χ3n) is 10.0. The molecule has 466 valence electrons. The van der Waals surface area contributed by atoms with Crippen LogP contribution in [0.5, 0.6) is 92.0 Å². The van der Waals surface area contributed by atoms with Gasteiger partial charge in [0, 0.05) is 18.2 Å². The number of aromatic hydroxyl groups is 16. The van der Waals surface area contributed by atoms with Crippen molar-refractivity contribution in [2.24, 2.45) is 11.5 Å². The molecule has 1 amide bonds. The Morgan fingerprint density at radius 1 is 0.295 bits per heavy atom. The standard InChI is InChI=1S/C8H11NO2.C7H7NO3.6C7H6O4/c9-4-3-6-1-2-7(10)8(11)5-6;8-7(11)5-2-1-4(9)3-6(5)10;8-5-1-4(7(10)11)2-6(9)3-5;8-4-1-2-5(7(10)11)6(9)3-4;8-5-2-1-4(7(10)11)3-6(5)9;8-4-2-1-3-5(9)6(4)7(10)11;2*8-5-3-1-2-4(6(5)9)7(10)11/h1-2,5,10-11H,3-4,9H2;1-3,9-10H,(H2,8,11);6*1-3,8-9H,(H,10,11). The Morgan fingerprint density at radius 2 is 0.682 bits per heavy atom. The van der Waals surface area contributed by atoms with Gasteiger partial charge < -0.3 is 124 Å². The quantitative estimate of drug-likeness (QED) is 0.0785. The monoisotopic (exact) mass is 1230 g/mol. The zero-order chi connectivity index (χ0) is 67.3. The lowest BCUT2D eigenvalue weighted by Crippen LogP contribution is -2.10. The number of hydrogen-bond acceptors (Lipinski definition) is 24. The van der Waals surface area contributed by atoms with Crippen LogP contribution in [0.1, 0.15) is 78.1 Å². The number of nitrogens with two attached hydrogens (primary N) is 2. The molecule has 31 heteroatoms. The summed E-state index contributed by atoms with van der Waals surface area (Å²) in [6.07, 6.45) is 0.716. The third kappa shape index (κ3) is 24.5. The number of hydrogen-bond donors (Lipinski definition) is 24. The normalized spacial score (nSPS) is 9.51. The van der Waals surface area contributed by atoms with E-state index >= 15 is 0 Å². The summed E-state index contributed by atoms with van der Waals surface area (Å²) in [6, 6.07) is 29.4. The average molecular weight is 1230 g/mol. The van der Waals surface area contributed by atoms with Crippen molar-refractivity contribution in [2.75, 3.05) is 6.54 Å². The number of para-hydroxylation sites is 2. The molecule has 8 aromatic carbocycles. The van der Waals surface area contributed by atoms with Crippen LogP contribution in [0.15, 0.2) is 146 Å². The Labute approximate surface area is 492 Å². The summed E-state index contributed by atoms with van der Waals surface area (Å²) in [5.74, 6) is -13.5. The predicted molar refractivity (Wildman–Crippen MR) is 301 cm³/mol. The number of carboxylic acid groups (broad SMARTS) is 6. The van der Waals surface area contributed by atoms with E-state index in [0.29, 0.717) is 13.0 Å². The van der Waals surface area contributed by atoms with Crippen LogP contribution in [0.2, 0.25) is 0 Å². The second-order valence-electron chi connectivity index (χ2n) is 16.4. The number of phenolic OH excluding ortho intramolecular Hbond substituents is 10. The molecule has 0 unspecified atom stereocenters. The van der Waals surface area contributed by atoms with Crippen LogP contribution in [0.25, 0.3) is 0 Å². The van der Waals surface area contributed by atoms with E-state index in [4.69, 9.17) is 124 Å². The molecule has 0 radical (unpaired) electrons. The number of amides is 1. The maximum Gasteiger partial charge on any atom is 0.343 e. The Bertz CT molecular complexity index is 3590. The minimum absolute atomic E-state index is 0.00259. The van der Waals surface area contributed by atoms with E-state index in [9.17, 15) is 33.6 Å². The molecule has 0 spiro atoms. The van der Waals surface area contributed by atoms with Crippen LogP contribution in [0.3, 0.4) is 0 Å². The summed E-state index contributed by atoms with van der Waals surface area (Å²) < 4.78 is 0.